The Labute approximate surface area is 183 Å². The first kappa shape index (κ1) is 22.7. The molecule has 0 radical (unpaired) electrons. The number of benzene rings is 2. The molecule has 2 aromatic carbocycles. The summed E-state index contributed by atoms with van der Waals surface area (Å²) in [5.41, 5.74) is 1.37. The molecule has 1 atom stereocenters. The molecule has 0 saturated heterocycles. The van der Waals surface area contributed by atoms with Crippen molar-refractivity contribution in [2.24, 2.45) is 0 Å². The van der Waals surface area contributed by atoms with Crippen molar-refractivity contribution in [3.8, 4) is 0 Å². The van der Waals surface area contributed by atoms with Gasteiger partial charge >= 0.3 is 5.69 Å². The number of hydrogen-bond acceptors (Lipinski definition) is 4. The number of nitrogens with zero attached hydrogens (tertiary/aromatic N) is 3. The van der Waals surface area contributed by atoms with E-state index in [0.717, 1.165) is 30.4 Å². The van der Waals surface area contributed by atoms with Gasteiger partial charge < -0.3 is 4.74 Å². The monoisotopic (exact) mass is 421 g/mol. The highest BCUT2D eigenvalue weighted by Gasteiger charge is 2.22. The molecular weight excluding hydrogens is 390 g/mol. The highest BCUT2D eigenvalue weighted by atomic mass is 16.5. The molecule has 31 heavy (non-hydrogen) atoms. The predicted octanol–water partition coefficient (Wildman–Crippen LogP) is 4.16. The zero-order valence-corrected chi connectivity index (χ0v) is 18.4. The molecule has 0 fully saturated rings. The lowest BCUT2D eigenvalue weighted by Gasteiger charge is -2.19. The van der Waals surface area contributed by atoms with Crippen LogP contribution in [0.15, 0.2) is 70.3 Å². The molecule has 0 saturated carbocycles. The SMILES string of the molecule is CCCCOC(CCC)c1nn(Cc2ccccc2)c(=O)n(Cc2ccccc2)c1=O. The number of hydrogen-bond donors (Lipinski definition) is 0. The Morgan fingerprint density at radius 1 is 0.871 bits per heavy atom. The van der Waals surface area contributed by atoms with Crippen molar-refractivity contribution in [3.05, 3.63) is 98.3 Å². The van der Waals surface area contributed by atoms with Crippen molar-refractivity contribution < 1.29 is 4.74 Å². The van der Waals surface area contributed by atoms with E-state index in [-0.39, 0.29) is 12.1 Å². The van der Waals surface area contributed by atoms with E-state index in [2.05, 4.69) is 18.9 Å². The largest absolute Gasteiger partial charge is 0.372 e. The van der Waals surface area contributed by atoms with E-state index in [0.29, 0.717) is 25.3 Å². The van der Waals surface area contributed by atoms with Crippen LogP contribution in [0.3, 0.4) is 0 Å². The first-order chi connectivity index (χ1) is 15.1. The number of ether oxygens (including phenoxy) is 1. The van der Waals surface area contributed by atoms with E-state index in [4.69, 9.17) is 4.74 Å². The summed E-state index contributed by atoms with van der Waals surface area (Å²) < 4.78 is 8.72. The van der Waals surface area contributed by atoms with Crippen LogP contribution >= 0.6 is 0 Å². The van der Waals surface area contributed by atoms with E-state index < -0.39 is 11.8 Å². The summed E-state index contributed by atoms with van der Waals surface area (Å²) in [6.45, 7) is 5.23. The first-order valence-electron chi connectivity index (χ1n) is 11.0. The van der Waals surface area contributed by atoms with Gasteiger partial charge in [0.25, 0.3) is 5.56 Å². The van der Waals surface area contributed by atoms with Gasteiger partial charge in [-0.3, -0.25) is 9.36 Å². The summed E-state index contributed by atoms with van der Waals surface area (Å²) in [6.07, 6.45) is 3.05. The third-order valence-corrected chi connectivity index (χ3v) is 5.18. The third-order valence-electron chi connectivity index (χ3n) is 5.18. The van der Waals surface area contributed by atoms with Crippen molar-refractivity contribution in [1.82, 2.24) is 14.3 Å². The normalized spacial score (nSPS) is 12.1. The highest BCUT2D eigenvalue weighted by molar-refractivity contribution is 5.17. The second kappa shape index (κ2) is 11.4. The van der Waals surface area contributed by atoms with Crippen molar-refractivity contribution in [2.75, 3.05) is 6.61 Å². The predicted molar refractivity (Wildman–Crippen MR) is 122 cm³/mol. The molecule has 0 aliphatic heterocycles. The minimum Gasteiger partial charge on any atom is -0.372 e. The smallest absolute Gasteiger partial charge is 0.348 e. The molecule has 0 amide bonds. The molecule has 1 unspecified atom stereocenters. The van der Waals surface area contributed by atoms with Gasteiger partial charge in [-0.05, 0) is 24.0 Å². The molecule has 0 aliphatic rings. The Kier molecular flexibility index (Phi) is 8.35. The summed E-state index contributed by atoms with van der Waals surface area (Å²) >= 11 is 0. The zero-order chi connectivity index (χ0) is 22.1. The topological polar surface area (TPSA) is 66.1 Å². The van der Waals surface area contributed by atoms with E-state index in [1.54, 1.807) is 0 Å². The maximum absolute atomic E-state index is 13.4. The lowest BCUT2D eigenvalue weighted by atomic mass is 10.1. The Morgan fingerprint density at radius 3 is 2.06 bits per heavy atom. The molecule has 0 aliphatic carbocycles. The van der Waals surface area contributed by atoms with Crippen LogP contribution in [0.2, 0.25) is 0 Å². The van der Waals surface area contributed by atoms with Gasteiger partial charge in [0.1, 0.15) is 6.10 Å². The maximum Gasteiger partial charge on any atom is 0.348 e. The second-order valence-corrected chi connectivity index (χ2v) is 7.69. The summed E-state index contributed by atoms with van der Waals surface area (Å²) in [5.74, 6) is 0. The van der Waals surface area contributed by atoms with Gasteiger partial charge in [-0.15, -0.1) is 0 Å². The lowest BCUT2D eigenvalue weighted by Crippen LogP contribution is -2.44. The van der Waals surface area contributed by atoms with Crippen molar-refractivity contribution in [1.29, 1.82) is 0 Å². The average Bonchev–Trinajstić information content (AvgIpc) is 2.79. The quantitative estimate of drug-likeness (QED) is 0.436. The van der Waals surface area contributed by atoms with E-state index in [1.165, 1.54) is 9.25 Å². The van der Waals surface area contributed by atoms with Crippen molar-refractivity contribution in [3.63, 3.8) is 0 Å². The Bertz CT molecular complexity index is 1060. The van der Waals surface area contributed by atoms with Crippen molar-refractivity contribution >= 4 is 0 Å². The lowest BCUT2D eigenvalue weighted by molar-refractivity contribution is 0.0384. The van der Waals surface area contributed by atoms with Crippen LogP contribution in [-0.2, 0) is 17.8 Å². The Hall–Kier alpha value is -2.99. The van der Waals surface area contributed by atoms with Gasteiger partial charge in [-0.25, -0.2) is 9.48 Å². The van der Waals surface area contributed by atoms with Crippen LogP contribution in [0.1, 0.15) is 62.5 Å². The van der Waals surface area contributed by atoms with Gasteiger partial charge in [0.15, 0.2) is 5.69 Å². The second-order valence-electron chi connectivity index (χ2n) is 7.69. The number of rotatable bonds is 11. The van der Waals surface area contributed by atoms with Crippen LogP contribution in [0.5, 0.6) is 0 Å². The summed E-state index contributed by atoms with van der Waals surface area (Å²) in [7, 11) is 0. The van der Waals surface area contributed by atoms with Crippen molar-refractivity contribution in [2.45, 2.75) is 58.7 Å². The molecule has 164 valence electrons. The Morgan fingerprint density at radius 2 is 1.48 bits per heavy atom. The number of aromatic nitrogens is 3. The standard InChI is InChI=1S/C25H31N3O3/c1-3-5-17-31-22(12-4-2)23-24(29)27(18-20-13-8-6-9-14-20)25(30)28(26-23)19-21-15-10-7-11-16-21/h6-11,13-16,22H,3-5,12,17-19H2,1-2H3. The van der Waals surface area contributed by atoms with E-state index >= 15 is 0 Å². The molecule has 6 heteroatoms. The van der Waals surface area contributed by atoms with Crippen LogP contribution in [-0.4, -0.2) is 21.0 Å². The highest BCUT2D eigenvalue weighted by Crippen LogP contribution is 2.18. The third kappa shape index (κ3) is 6.01. The van der Waals surface area contributed by atoms with Crippen LogP contribution in [0.25, 0.3) is 0 Å². The molecule has 3 rings (SSSR count). The van der Waals surface area contributed by atoms with Gasteiger partial charge in [0.05, 0.1) is 13.1 Å². The van der Waals surface area contributed by atoms with Crippen LogP contribution in [0.4, 0.5) is 0 Å². The minimum absolute atomic E-state index is 0.205. The van der Waals surface area contributed by atoms with Gasteiger partial charge in [0, 0.05) is 6.61 Å². The van der Waals surface area contributed by atoms with Gasteiger partial charge in [-0.1, -0.05) is 87.4 Å². The van der Waals surface area contributed by atoms with Gasteiger partial charge in [-0.2, -0.15) is 5.10 Å². The average molecular weight is 422 g/mol. The molecule has 0 spiro atoms. The first-order valence-corrected chi connectivity index (χ1v) is 11.0. The van der Waals surface area contributed by atoms with E-state index in [1.807, 2.05) is 60.7 Å². The zero-order valence-electron chi connectivity index (χ0n) is 18.4. The molecule has 0 N–H and O–H groups in total. The summed E-state index contributed by atoms with van der Waals surface area (Å²) in [6, 6.07) is 19.2. The summed E-state index contributed by atoms with van der Waals surface area (Å²) in [4.78, 5) is 26.6. The molecule has 6 nitrogen and oxygen atoms in total. The fourth-order valence-electron chi connectivity index (χ4n) is 3.48. The van der Waals surface area contributed by atoms with E-state index in [9.17, 15) is 9.59 Å². The molecular formula is C25H31N3O3. The fraction of sp³-hybridized carbons (Fsp3) is 0.400. The summed E-state index contributed by atoms with van der Waals surface area (Å²) in [5, 5.41) is 4.51. The fourth-order valence-corrected chi connectivity index (χ4v) is 3.48. The maximum atomic E-state index is 13.4. The molecule has 0 bridgehead atoms. The van der Waals surface area contributed by atoms with Crippen LogP contribution < -0.4 is 11.2 Å². The molecule has 3 aromatic rings. The van der Waals surface area contributed by atoms with Crippen LogP contribution in [0, 0.1) is 0 Å². The Balaban J connectivity index is 2.07. The molecule has 1 heterocycles. The minimum atomic E-state index is -0.423. The molecule has 1 aromatic heterocycles. The van der Waals surface area contributed by atoms with Gasteiger partial charge in [0.2, 0.25) is 0 Å². The number of unbranched alkanes of at least 4 members (excludes halogenated alkanes) is 1.